The fraction of sp³-hybridized carbons (Fsp3) is 0.217. The Hall–Kier alpha value is -3.04. The van der Waals surface area contributed by atoms with E-state index < -0.39 is 11.4 Å². The quantitative estimate of drug-likeness (QED) is 0.275. The lowest BCUT2D eigenvalue weighted by Crippen LogP contribution is -2.29. The number of hydrogen-bond donors (Lipinski definition) is 0. The lowest BCUT2D eigenvalue weighted by molar-refractivity contribution is -0.122. The van der Waals surface area contributed by atoms with Crippen molar-refractivity contribution in [2.75, 3.05) is 6.54 Å². The van der Waals surface area contributed by atoms with Gasteiger partial charge in [-0.2, -0.15) is 4.98 Å². The first-order chi connectivity index (χ1) is 15.5. The van der Waals surface area contributed by atoms with E-state index in [4.69, 9.17) is 17.0 Å². The van der Waals surface area contributed by atoms with E-state index in [-0.39, 0.29) is 23.1 Å². The Kier molecular flexibility index (Phi) is 6.66. The van der Waals surface area contributed by atoms with Crippen LogP contribution in [0.1, 0.15) is 31.7 Å². The molecule has 1 saturated heterocycles. The Balaban J connectivity index is 1.78. The van der Waals surface area contributed by atoms with Gasteiger partial charge in [0.05, 0.1) is 4.91 Å². The summed E-state index contributed by atoms with van der Waals surface area (Å²) >= 11 is 6.50. The molecule has 9 heteroatoms. The summed E-state index contributed by atoms with van der Waals surface area (Å²) < 4.78 is 21.7. The maximum absolute atomic E-state index is 14.2. The largest absolute Gasteiger partial charge is 0.435 e. The van der Waals surface area contributed by atoms with Crippen LogP contribution in [0.15, 0.2) is 58.4 Å². The third-order valence-electron chi connectivity index (χ3n) is 4.91. The Morgan fingerprint density at radius 1 is 1.16 bits per heavy atom. The number of ether oxygens (including phenoxy) is 1. The molecule has 0 atom stereocenters. The SMILES string of the molecule is CCCCCN1C(=O)/C(=C\c2c(Oc3ccccc3F)nc3ccccn3c2=O)SC1=S. The number of halogens is 1. The number of carbonyl (C=O) groups is 1. The first kappa shape index (κ1) is 22.2. The molecule has 1 aliphatic rings. The molecule has 0 aliphatic carbocycles. The average molecular weight is 470 g/mol. The van der Waals surface area contributed by atoms with Gasteiger partial charge in [-0.1, -0.05) is 61.9 Å². The zero-order valence-corrected chi connectivity index (χ0v) is 18.9. The molecule has 6 nitrogen and oxygen atoms in total. The summed E-state index contributed by atoms with van der Waals surface area (Å²) in [6, 6.07) is 10.9. The van der Waals surface area contributed by atoms with Gasteiger partial charge in [-0.15, -0.1) is 0 Å². The van der Waals surface area contributed by atoms with Crippen molar-refractivity contribution >= 4 is 45.9 Å². The standard InChI is InChI=1S/C23H20FN3O3S2/c1-2-3-7-13-27-22(29)18(32-23(27)31)14-15-20(30-17-10-5-4-9-16(17)24)25-19-11-6-8-12-26(19)21(15)28/h4-6,8-12,14H,2-3,7,13H2,1H3/b18-14+. The van der Waals surface area contributed by atoms with Crippen molar-refractivity contribution in [3.8, 4) is 11.6 Å². The zero-order chi connectivity index (χ0) is 22.7. The molecule has 0 saturated carbocycles. The van der Waals surface area contributed by atoms with E-state index in [0.717, 1.165) is 31.0 Å². The molecule has 1 fully saturated rings. The number of para-hydroxylation sites is 1. The van der Waals surface area contributed by atoms with Crippen molar-refractivity contribution < 1.29 is 13.9 Å². The summed E-state index contributed by atoms with van der Waals surface area (Å²) in [6.07, 6.45) is 5.88. The van der Waals surface area contributed by atoms with Crippen molar-refractivity contribution in [1.29, 1.82) is 0 Å². The van der Waals surface area contributed by atoms with E-state index >= 15 is 0 Å². The topological polar surface area (TPSA) is 63.9 Å². The van der Waals surface area contributed by atoms with Gasteiger partial charge in [0, 0.05) is 12.7 Å². The highest BCUT2D eigenvalue weighted by Gasteiger charge is 2.32. The van der Waals surface area contributed by atoms with Crippen LogP contribution < -0.4 is 10.3 Å². The van der Waals surface area contributed by atoms with Gasteiger partial charge >= 0.3 is 0 Å². The van der Waals surface area contributed by atoms with E-state index in [1.54, 1.807) is 35.4 Å². The van der Waals surface area contributed by atoms with E-state index in [2.05, 4.69) is 11.9 Å². The van der Waals surface area contributed by atoms with E-state index in [9.17, 15) is 14.0 Å². The Bertz CT molecular complexity index is 1290. The van der Waals surface area contributed by atoms with Crippen molar-refractivity contribution in [3.05, 3.63) is 75.3 Å². The predicted molar refractivity (Wildman–Crippen MR) is 127 cm³/mol. The van der Waals surface area contributed by atoms with Gasteiger partial charge in [-0.3, -0.25) is 18.9 Å². The maximum atomic E-state index is 14.2. The van der Waals surface area contributed by atoms with Crippen LogP contribution in [0, 0.1) is 5.82 Å². The molecule has 0 N–H and O–H groups in total. The summed E-state index contributed by atoms with van der Waals surface area (Å²) in [5, 5.41) is 0. The lowest BCUT2D eigenvalue weighted by atomic mass is 10.2. The molecule has 1 amide bonds. The van der Waals surface area contributed by atoms with E-state index in [1.807, 2.05) is 0 Å². The van der Waals surface area contributed by atoms with Crippen molar-refractivity contribution in [1.82, 2.24) is 14.3 Å². The second-order valence-electron chi connectivity index (χ2n) is 7.14. The number of pyridine rings is 1. The van der Waals surface area contributed by atoms with Crippen molar-refractivity contribution in [2.45, 2.75) is 26.2 Å². The highest BCUT2D eigenvalue weighted by atomic mass is 32.2. The Labute approximate surface area is 193 Å². The highest BCUT2D eigenvalue weighted by Crippen LogP contribution is 2.34. The number of nitrogens with zero attached hydrogens (tertiary/aromatic N) is 3. The minimum atomic E-state index is -0.587. The average Bonchev–Trinajstić information content (AvgIpc) is 3.05. The minimum Gasteiger partial charge on any atom is -0.435 e. The van der Waals surface area contributed by atoms with Crippen molar-refractivity contribution in [3.63, 3.8) is 0 Å². The van der Waals surface area contributed by atoms with E-state index in [0.29, 0.717) is 21.4 Å². The fourth-order valence-corrected chi connectivity index (χ4v) is 4.55. The van der Waals surface area contributed by atoms with Crippen LogP contribution in [0.25, 0.3) is 11.7 Å². The predicted octanol–water partition coefficient (Wildman–Crippen LogP) is 5.02. The second-order valence-corrected chi connectivity index (χ2v) is 8.81. The first-order valence-corrected chi connectivity index (χ1v) is 11.4. The molecule has 0 radical (unpaired) electrons. The van der Waals surface area contributed by atoms with Crippen LogP contribution in [0.2, 0.25) is 0 Å². The normalized spacial score (nSPS) is 15.2. The number of amides is 1. The van der Waals surface area contributed by atoms with Crippen LogP contribution in [0.4, 0.5) is 4.39 Å². The van der Waals surface area contributed by atoms with Gasteiger partial charge in [0.15, 0.2) is 11.6 Å². The molecule has 2 aromatic heterocycles. The Morgan fingerprint density at radius 2 is 1.94 bits per heavy atom. The molecule has 0 unspecified atom stereocenters. The summed E-state index contributed by atoms with van der Waals surface area (Å²) in [5.74, 6) is -0.995. The van der Waals surface area contributed by atoms with Gasteiger partial charge in [-0.25, -0.2) is 4.39 Å². The molecular formula is C23H20FN3O3S2. The van der Waals surface area contributed by atoms with E-state index in [1.165, 1.54) is 28.7 Å². The number of aromatic nitrogens is 2. The summed E-state index contributed by atoms with van der Waals surface area (Å²) in [6.45, 7) is 2.62. The molecule has 3 aromatic rings. The number of thioether (sulfide) groups is 1. The molecule has 1 aliphatic heterocycles. The van der Waals surface area contributed by atoms with Gasteiger partial charge < -0.3 is 4.74 Å². The van der Waals surface area contributed by atoms with Crippen LogP contribution >= 0.6 is 24.0 Å². The molecule has 164 valence electrons. The molecule has 4 rings (SSSR count). The van der Waals surface area contributed by atoms with Crippen LogP contribution in [0.5, 0.6) is 11.6 Å². The smallest absolute Gasteiger partial charge is 0.269 e. The van der Waals surface area contributed by atoms with Crippen LogP contribution in [-0.4, -0.2) is 31.1 Å². The van der Waals surface area contributed by atoms with Crippen LogP contribution in [0.3, 0.4) is 0 Å². The molecule has 32 heavy (non-hydrogen) atoms. The zero-order valence-electron chi connectivity index (χ0n) is 17.3. The second kappa shape index (κ2) is 9.62. The number of unbranched alkanes of at least 4 members (excludes halogenated alkanes) is 2. The van der Waals surface area contributed by atoms with Crippen LogP contribution in [-0.2, 0) is 4.79 Å². The Morgan fingerprint density at radius 3 is 2.72 bits per heavy atom. The summed E-state index contributed by atoms with van der Waals surface area (Å²) in [7, 11) is 0. The number of benzene rings is 1. The monoisotopic (exact) mass is 469 g/mol. The van der Waals surface area contributed by atoms with Gasteiger partial charge in [-0.05, 0) is 36.8 Å². The highest BCUT2D eigenvalue weighted by molar-refractivity contribution is 8.26. The number of hydrogen-bond acceptors (Lipinski definition) is 6. The summed E-state index contributed by atoms with van der Waals surface area (Å²) in [5.41, 5.74) is -0.0442. The number of fused-ring (bicyclic) bond motifs is 1. The van der Waals surface area contributed by atoms with Gasteiger partial charge in [0.1, 0.15) is 15.5 Å². The van der Waals surface area contributed by atoms with Gasteiger partial charge in [0.25, 0.3) is 11.5 Å². The molecule has 1 aromatic carbocycles. The van der Waals surface area contributed by atoms with Gasteiger partial charge in [0.2, 0.25) is 5.88 Å². The molecular weight excluding hydrogens is 449 g/mol. The first-order valence-electron chi connectivity index (χ1n) is 10.2. The molecule has 0 spiro atoms. The lowest BCUT2D eigenvalue weighted by Gasteiger charge is -2.13. The molecule has 0 bridgehead atoms. The number of carbonyl (C=O) groups excluding carboxylic acids is 1. The minimum absolute atomic E-state index is 0.0472. The number of thiocarbonyl (C=S) groups is 1. The fourth-order valence-electron chi connectivity index (χ4n) is 3.26. The maximum Gasteiger partial charge on any atom is 0.269 e. The third-order valence-corrected chi connectivity index (χ3v) is 6.29. The summed E-state index contributed by atoms with van der Waals surface area (Å²) in [4.78, 5) is 32.4. The molecule has 3 heterocycles. The van der Waals surface area contributed by atoms with Crippen molar-refractivity contribution in [2.24, 2.45) is 0 Å². The number of rotatable bonds is 7. The third kappa shape index (κ3) is 4.44.